The molecule has 2 heterocycles. The number of furan rings is 1. The van der Waals surface area contributed by atoms with Crippen LogP contribution in [-0.2, 0) is 6.54 Å². The third-order valence-corrected chi connectivity index (χ3v) is 3.78. The Morgan fingerprint density at radius 3 is 2.58 bits per heavy atom. The zero-order chi connectivity index (χ0) is 17.3. The van der Waals surface area contributed by atoms with Crippen LogP contribution in [0.4, 0.5) is 0 Å². The Hall–Kier alpha value is -2.89. The number of nitrogens with zero attached hydrogens (tertiary/aromatic N) is 1. The third-order valence-electron chi connectivity index (χ3n) is 3.78. The molecule has 0 atom stereocenters. The number of imide groups is 1. The SMILES string of the molecule is CC(C)CN1C(=O)c2ccc(C(=O)NCc3ccco3)cc2C1=O. The Balaban J connectivity index is 1.77. The van der Waals surface area contributed by atoms with Gasteiger partial charge in [-0.2, -0.15) is 0 Å². The Morgan fingerprint density at radius 1 is 1.17 bits per heavy atom. The summed E-state index contributed by atoms with van der Waals surface area (Å²) >= 11 is 0. The van der Waals surface area contributed by atoms with Crippen LogP contribution in [-0.4, -0.2) is 29.2 Å². The second-order valence-corrected chi connectivity index (χ2v) is 6.14. The van der Waals surface area contributed by atoms with E-state index in [0.29, 0.717) is 23.4 Å². The third kappa shape index (κ3) is 2.95. The molecule has 3 amide bonds. The van der Waals surface area contributed by atoms with E-state index in [1.54, 1.807) is 18.2 Å². The lowest BCUT2D eigenvalue weighted by molar-refractivity contribution is 0.0636. The Kier molecular flexibility index (Phi) is 4.20. The largest absolute Gasteiger partial charge is 0.467 e. The quantitative estimate of drug-likeness (QED) is 0.856. The molecule has 6 nitrogen and oxygen atoms in total. The first-order valence-electron chi connectivity index (χ1n) is 7.78. The fourth-order valence-electron chi connectivity index (χ4n) is 2.65. The molecular weight excluding hydrogens is 308 g/mol. The van der Waals surface area contributed by atoms with Crippen molar-refractivity contribution in [1.29, 1.82) is 0 Å². The van der Waals surface area contributed by atoms with Gasteiger partial charge in [0.05, 0.1) is 23.9 Å². The summed E-state index contributed by atoms with van der Waals surface area (Å²) in [6.07, 6.45) is 1.53. The van der Waals surface area contributed by atoms with Gasteiger partial charge >= 0.3 is 0 Å². The average Bonchev–Trinajstić information content (AvgIpc) is 3.15. The van der Waals surface area contributed by atoms with E-state index in [-0.39, 0.29) is 35.7 Å². The highest BCUT2D eigenvalue weighted by Gasteiger charge is 2.36. The molecule has 6 heteroatoms. The molecule has 1 N–H and O–H groups in total. The highest BCUT2D eigenvalue weighted by molar-refractivity contribution is 6.22. The molecular formula is C18H18N2O4. The minimum atomic E-state index is -0.343. The van der Waals surface area contributed by atoms with E-state index in [0.717, 1.165) is 0 Å². The lowest BCUT2D eigenvalue weighted by atomic mass is 10.1. The van der Waals surface area contributed by atoms with Gasteiger partial charge in [0.15, 0.2) is 0 Å². The number of carbonyl (C=O) groups excluding carboxylic acids is 3. The zero-order valence-corrected chi connectivity index (χ0v) is 13.5. The smallest absolute Gasteiger partial charge is 0.261 e. The summed E-state index contributed by atoms with van der Waals surface area (Å²) in [6.45, 7) is 4.51. The van der Waals surface area contributed by atoms with Crippen molar-refractivity contribution in [2.45, 2.75) is 20.4 Å². The second kappa shape index (κ2) is 6.31. The molecule has 0 unspecified atom stereocenters. The summed E-state index contributed by atoms with van der Waals surface area (Å²) in [4.78, 5) is 38.2. The van der Waals surface area contributed by atoms with E-state index in [4.69, 9.17) is 4.42 Å². The summed E-state index contributed by atoms with van der Waals surface area (Å²) in [6, 6.07) is 8.07. The average molecular weight is 326 g/mol. The maximum absolute atomic E-state index is 12.4. The van der Waals surface area contributed by atoms with Crippen molar-refractivity contribution in [1.82, 2.24) is 10.2 Å². The van der Waals surface area contributed by atoms with Crippen LogP contribution in [0.25, 0.3) is 0 Å². The van der Waals surface area contributed by atoms with E-state index >= 15 is 0 Å². The summed E-state index contributed by atoms with van der Waals surface area (Å²) in [5.74, 6) is -0.144. The molecule has 24 heavy (non-hydrogen) atoms. The number of hydrogen-bond acceptors (Lipinski definition) is 4. The molecule has 3 rings (SSSR count). The lowest BCUT2D eigenvalue weighted by Gasteiger charge is -2.15. The molecule has 0 bridgehead atoms. The predicted molar refractivity (Wildman–Crippen MR) is 86.5 cm³/mol. The van der Waals surface area contributed by atoms with E-state index in [2.05, 4.69) is 5.32 Å². The van der Waals surface area contributed by atoms with Gasteiger partial charge < -0.3 is 9.73 Å². The number of benzene rings is 1. The van der Waals surface area contributed by atoms with Crippen LogP contribution in [0.2, 0.25) is 0 Å². The van der Waals surface area contributed by atoms with Gasteiger partial charge in [0, 0.05) is 12.1 Å². The van der Waals surface area contributed by atoms with Crippen molar-refractivity contribution in [3.8, 4) is 0 Å². The van der Waals surface area contributed by atoms with Crippen LogP contribution < -0.4 is 5.32 Å². The maximum atomic E-state index is 12.4. The van der Waals surface area contributed by atoms with E-state index in [1.807, 2.05) is 13.8 Å². The molecule has 0 saturated heterocycles. The van der Waals surface area contributed by atoms with E-state index in [9.17, 15) is 14.4 Å². The summed E-state index contributed by atoms with van der Waals surface area (Å²) in [5.41, 5.74) is 0.974. The van der Waals surface area contributed by atoms with Crippen molar-refractivity contribution in [2.75, 3.05) is 6.54 Å². The van der Waals surface area contributed by atoms with Gasteiger partial charge in [-0.3, -0.25) is 19.3 Å². The summed E-state index contributed by atoms with van der Waals surface area (Å²) in [5, 5.41) is 2.72. The minimum Gasteiger partial charge on any atom is -0.467 e. The topological polar surface area (TPSA) is 79.6 Å². The fraction of sp³-hybridized carbons (Fsp3) is 0.278. The molecule has 1 aliphatic rings. The van der Waals surface area contributed by atoms with Crippen LogP contribution in [0.1, 0.15) is 50.7 Å². The Bertz CT molecular complexity index is 793. The molecule has 0 saturated carbocycles. The second-order valence-electron chi connectivity index (χ2n) is 6.14. The molecule has 1 aromatic carbocycles. The maximum Gasteiger partial charge on any atom is 0.261 e. The van der Waals surface area contributed by atoms with Crippen molar-refractivity contribution in [3.05, 3.63) is 59.0 Å². The first-order valence-corrected chi connectivity index (χ1v) is 7.78. The lowest BCUT2D eigenvalue weighted by Crippen LogP contribution is -2.33. The number of nitrogens with one attached hydrogen (secondary N) is 1. The number of rotatable bonds is 5. The number of fused-ring (bicyclic) bond motifs is 1. The predicted octanol–water partition coefficient (Wildman–Crippen LogP) is 2.46. The van der Waals surface area contributed by atoms with Crippen molar-refractivity contribution >= 4 is 17.7 Å². The van der Waals surface area contributed by atoms with E-state index in [1.165, 1.54) is 23.3 Å². The number of hydrogen-bond donors (Lipinski definition) is 1. The highest BCUT2D eigenvalue weighted by Crippen LogP contribution is 2.24. The Labute approximate surface area is 139 Å². The molecule has 1 aliphatic heterocycles. The van der Waals surface area contributed by atoms with E-state index < -0.39 is 0 Å². The van der Waals surface area contributed by atoms with Crippen molar-refractivity contribution in [2.24, 2.45) is 5.92 Å². The monoisotopic (exact) mass is 326 g/mol. The normalized spacial score (nSPS) is 13.5. The minimum absolute atomic E-state index is 0.184. The van der Waals surface area contributed by atoms with Gasteiger partial charge in [-0.15, -0.1) is 0 Å². The van der Waals surface area contributed by atoms with Gasteiger partial charge in [0.1, 0.15) is 5.76 Å². The zero-order valence-electron chi connectivity index (χ0n) is 13.5. The molecule has 124 valence electrons. The molecule has 0 radical (unpaired) electrons. The van der Waals surface area contributed by atoms with Gasteiger partial charge in [-0.1, -0.05) is 13.8 Å². The number of carbonyl (C=O) groups is 3. The number of amides is 3. The van der Waals surface area contributed by atoms with Gasteiger partial charge in [-0.25, -0.2) is 0 Å². The summed E-state index contributed by atoms with van der Waals surface area (Å²) < 4.78 is 5.16. The van der Waals surface area contributed by atoms with Gasteiger partial charge in [0.2, 0.25) is 0 Å². The van der Waals surface area contributed by atoms with Crippen LogP contribution in [0, 0.1) is 5.92 Å². The molecule has 0 fully saturated rings. The molecule has 1 aromatic heterocycles. The highest BCUT2D eigenvalue weighted by atomic mass is 16.3. The summed E-state index contributed by atoms with van der Waals surface area (Å²) in [7, 11) is 0. The first-order chi connectivity index (χ1) is 11.5. The van der Waals surface area contributed by atoms with Crippen LogP contribution in [0.3, 0.4) is 0 Å². The molecule has 0 spiro atoms. The van der Waals surface area contributed by atoms with Crippen molar-refractivity contribution < 1.29 is 18.8 Å². The van der Waals surface area contributed by atoms with Crippen LogP contribution in [0.15, 0.2) is 41.0 Å². The van der Waals surface area contributed by atoms with Gasteiger partial charge in [0.25, 0.3) is 17.7 Å². The fourth-order valence-corrected chi connectivity index (χ4v) is 2.65. The first kappa shape index (κ1) is 16.0. The Morgan fingerprint density at radius 2 is 1.92 bits per heavy atom. The molecule has 0 aliphatic carbocycles. The van der Waals surface area contributed by atoms with Crippen LogP contribution in [0.5, 0.6) is 0 Å². The van der Waals surface area contributed by atoms with Crippen molar-refractivity contribution in [3.63, 3.8) is 0 Å². The van der Waals surface area contributed by atoms with Crippen LogP contribution >= 0.6 is 0 Å². The molecule has 2 aromatic rings. The van der Waals surface area contributed by atoms with Gasteiger partial charge in [-0.05, 0) is 36.2 Å². The standard InChI is InChI=1S/C18H18N2O4/c1-11(2)10-20-17(22)14-6-5-12(8-15(14)18(20)23)16(21)19-9-13-4-3-7-24-13/h3-8,11H,9-10H2,1-2H3,(H,19,21).